The Kier molecular flexibility index (Phi) is 3.31. The van der Waals surface area contributed by atoms with Crippen LogP contribution in [0, 0.1) is 11.3 Å². The number of hydrogen-bond donors (Lipinski definition) is 0. The molecule has 17 heavy (non-hydrogen) atoms. The number of benzene rings is 1. The fourth-order valence-corrected chi connectivity index (χ4v) is 1.46. The van der Waals surface area contributed by atoms with Crippen molar-refractivity contribution >= 4 is 0 Å². The summed E-state index contributed by atoms with van der Waals surface area (Å²) < 4.78 is 5.36. The van der Waals surface area contributed by atoms with Gasteiger partial charge in [0.25, 0.3) is 0 Å². The molecule has 1 heterocycles. The van der Waals surface area contributed by atoms with E-state index in [0.717, 1.165) is 17.0 Å². The second kappa shape index (κ2) is 5.08. The summed E-state index contributed by atoms with van der Waals surface area (Å²) in [7, 11) is 0. The topological polar surface area (TPSA) is 58.8 Å². The highest BCUT2D eigenvalue weighted by molar-refractivity contribution is 5.59. The van der Waals surface area contributed by atoms with Gasteiger partial charge in [-0.3, -0.25) is 0 Å². The van der Waals surface area contributed by atoms with E-state index in [1.807, 2.05) is 37.3 Å². The van der Waals surface area contributed by atoms with Gasteiger partial charge in [-0.05, 0) is 37.3 Å². The van der Waals surface area contributed by atoms with Crippen molar-refractivity contribution in [1.29, 1.82) is 5.26 Å². The highest BCUT2D eigenvalue weighted by Gasteiger charge is 2.01. The molecule has 84 valence electrons. The van der Waals surface area contributed by atoms with E-state index in [1.54, 1.807) is 12.3 Å². The summed E-state index contributed by atoms with van der Waals surface area (Å²) in [6.45, 7) is 2.59. The van der Waals surface area contributed by atoms with Crippen molar-refractivity contribution in [3.05, 3.63) is 42.4 Å². The van der Waals surface area contributed by atoms with Crippen LogP contribution in [0.1, 0.15) is 12.7 Å². The van der Waals surface area contributed by atoms with Crippen molar-refractivity contribution in [2.45, 2.75) is 6.92 Å². The first kappa shape index (κ1) is 11.1. The zero-order chi connectivity index (χ0) is 12.1. The van der Waals surface area contributed by atoms with Gasteiger partial charge < -0.3 is 4.74 Å². The Labute approximate surface area is 99.5 Å². The predicted molar refractivity (Wildman–Crippen MR) is 63.4 cm³/mol. The van der Waals surface area contributed by atoms with Crippen LogP contribution in [0.5, 0.6) is 5.75 Å². The first-order chi connectivity index (χ1) is 8.33. The minimum atomic E-state index is 0.177. The normalized spacial score (nSPS) is 9.65. The van der Waals surface area contributed by atoms with Gasteiger partial charge in [-0.25, -0.2) is 9.97 Å². The molecule has 0 bridgehead atoms. The molecule has 0 unspecified atom stereocenters. The Hall–Kier alpha value is -2.41. The van der Waals surface area contributed by atoms with E-state index in [9.17, 15) is 0 Å². The van der Waals surface area contributed by atoms with Crippen molar-refractivity contribution in [2.75, 3.05) is 6.61 Å². The number of aromatic nitrogens is 2. The van der Waals surface area contributed by atoms with Crippen molar-refractivity contribution in [2.24, 2.45) is 0 Å². The summed E-state index contributed by atoms with van der Waals surface area (Å²) in [4.78, 5) is 7.96. The summed E-state index contributed by atoms with van der Waals surface area (Å²) in [5, 5.41) is 8.73. The van der Waals surface area contributed by atoms with E-state index in [0.29, 0.717) is 6.61 Å². The van der Waals surface area contributed by atoms with Crippen molar-refractivity contribution in [1.82, 2.24) is 9.97 Å². The van der Waals surface area contributed by atoms with E-state index in [-0.39, 0.29) is 5.82 Å². The van der Waals surface area contributed by atoms with Gasteiger partial charge in [-0.1, -0.05) is 0 Å². The van der Waals surface area contributed by atoms with E-state index in [4.69, 9.17) is 10.00 Å². The van der Waals surface area contributed by atoms with Crippen LogP contribution in [-0.4, -0.2) is 16.6 Å². The summed E-state index contributed by atoms with van der Waals surface area (Å²) >= 11 is 0. The zero-order valence-corrected chi connectivity index (χ0v) is 9.42. The maximum atomic E-state index is 8.73. The molecule has 2 aromatic rings. The lowest BCUT2D eigenvalue weighted by Crippen LogP contribution is -1.92. The highest BCUT2D eigenvalue weighted by Crippen LogP contribution is 2.20. The third-order valence-corrected chi connectivity index (χ3v) is 2.22. The average molecular weight is 225 g/mol. The molecule has 4 heteroatoms. The molecule has 0 saturated heterocycles. The number of nitriles is 1. The van der Waals surface area contributed by atoms with Gasteiger partial charge in [0.1, 0.15) is 11.8 Å². The van der Waals surface area contributed by atoms with Crippen molar-refractivity contribution in [3.63, 3.8) is 0 Å². The van der Waals surface area contributed by atoms with E-state index in [2.05, 4.69) is 9.97 Å². The van der Waals surface area contributed by atoms with Gasteiger partial charge in [-0.15, -0.1) is 0 Å². The second-order valence-electron chi connectivity index (χ2n) is 3.33. The fourth-order valence-electron chi connectivity index (χ4n) is 1.46. The molecule has 0 saturated carbocycles. The number of ether oxygens (including phenoxy) is 1. The molecular weight excluding hydrogens is 214 g/mol. The lowest BCUT2D eigenvalue weighted by Gasteiger charge is -2.04. The summed E-state index contributed by atoms with van der Waals surface area (Å²) in [5.41, 5.74) is 1.67. The van der Waals surface area contributed by atoms with Gasteiger partial charge >= 0.3 is 0 Å². The third-order valence-electron chi connectivity index (χ3n) is 2.22. The first-order valence-corrected chi connectivity index (χ1v) is 5.30. The Morgan fingerprint density at radius 2 is 2.00 bits per heavy atom. The summed E-state index contributed by atoms with van der Waals surface area (Å²) in [6, 6.07) is 11.3. The summed E-state index contributed by atoms with van der Waals surface area (Å²) in [5.74, 6) is 1.00. The zero-order valence-electron chi connectivity index (χ0n) is 9.42. The Balaban J connectivity index is 2.30. The van der Waals surface area contributed by atoms with Crippen LogP contribution >= 0.6 is 0 Å². The Morgan fingerprint density at radius 3 is 2.65 bits per heavy atom. The van der Waals surface area contributed by atoms with E-state index >= 15 is 0 Å². The van der Waals surface area contributed by atoms with Crippen LogP contribution in [0.2, 0.25) is 0 Å². The molecule has 4 nitrogen and oxygen atoms in total. The molecule has 1 aromatic heterocycles. The molecule has 0 aliphatic rings. The maximum absolute atomic E-state index is 8.73. The number of nitrogens with zero attached hydrogens (tertiary/aromatic N) is 3. The standard InChI is InChI=1S/C13H11N3O/c1-2-17-11-5-3-10(4-6-11)12-7-8-15-13(9-14)16-12/h3-8H,2H2,1H3. The fraction of sp³-hybridized carbons (Fsp3) is 0.154. The van der Waals surface area contributed by atoms with Crippen LogP contribution in [0.3, 0.4) is 0 Å². The first-order valence-electron chi connectivity index (χ1n) is 5.30. The molecular formula is C13H11N3O. The molecule has 0 radical (unpaired) electrons. The quantitative estimate of drug-likeness (QED) is 0.804. The molecule has 0 aliphatic carbocycles. The smallest absolute Gasteiger partial charge is 0.232 e. The average Bonchev–Trinajstić information content (AvgIpc) is 2.40. The molecule has 1 aromatic carbocycles. The molecule has 0 fully saturated rings. The van der Waals surface area contributed by atoms with Crippen LogP contribution in [0.4, 0.5) is 0 Å². The van der Waals surface area contributed by atoms with Crippen LogP contribution in [0.25, 0.3) is 11.3 Å². The van der Waals surface area contributed by atoms with Gasteiger partial charge in [0.15, 0.2) is 0 Å². The van der Waals surface area contributed by atoms with Crippen LogP contribution in [0.15, 0.2) is 36.5 Å². The number of hydrogen-bond acceptors (Lipinski definition) is 4. The minimum absolute atomic E-state index is 0.177. The SMILES string of the molecule is CCOc1ccc(-c2ccnc(C#N)n2)cc1. The van der Waals surface area contributed by atoms with E-state index in [1.165, 1.54) is 0 Å². The third kappa shape index (κ3) is 2.58. The molecule has 0 atom stereocenters. The van der Waals surface area contributed by atoms with Gasteiger partial charge in [0.05, 0.1) is 12.3 Å². The predicted octanol–water partition coefficient (Wildman–Crippen LogP) is 2.41. The second-order valence-corrected chi connectivity index (χ2v) is 3.33. The van der Waals surface area contributed by atoms with Gasteiger partial charge in [0, 0.05) is 11.8 Å². The lowest BCUT2D eigenvalue weighted by molar-refractivity contribution is 0.340. The van der Waals surface area contributed by atoms with Crippen LogP contribution in [-0.2, 0) is 0 Å². The lowest BCUT2D eigenvalue weighted by atomic mass is 10.1. The molecule has 0 N–H and O–H groups in total. The molecule has 0 aliphatic heterocycles. The highest BCUT2D eigenvalue weighted by atomic mass is 16.5. The summed E-state index contributed by atoms with van der Waals surface area (Å²) in [6.07, 6.45) is 1.58. The monoisotopic (exact) mass is 225 g/mol. The minimum Gasteiger partial charge on any atom is -0.494 e. The Bertz CT molecular complexity index is 543. The molecule has 2 rings (SSSR count). The molecule has 0 amide bonds. The Morgan fingerprint density at radius 1 is 1.24 bits per heavy atom. The van der Waals surface area contributed by atoms with Crippen molar-refractivity contribution < 1.29 is 4.74 Å². The largest absolute Gasteiger partial charge is 0.494 e. The van der Waals surface area contributed by atoms with E-state index < -0.39 is 0 Å². The van der Waals surface area contributed by atoms with Crippen LogP contribution < -0.4 is 4.74 Å². The number of rotatable bonds is 3. The molecule has 0 spiro atoms. The van der Waals surface area contributed by atoms with Gasteiger partial charge in [-0.2, -0.15) is 5.26 Å². The van der Waals surface area contributed by atoms with Gasteiger partial charge in [0.2, 0.25) is 5.82 Å². The maximum Gasteiger partial charge on any atom is 0.232 e. The van der Waals surface area contributed by atoms with Crippen molar-refractivity contribution in [3.8, 4) is 23.1 Å².